The van der Waals surface area contributed by atoms with Gasteiger partial charge in [-0.15, -0.1) is 22.7 Å². The van der Waals surface area contributed by atoms with Crippen molar-refractivity contribution in [3.8, 4) is 0 Å². The molecule has 2 rings (SSSR count). The van der Waals surface area contributed by atoms with Crippen molar-refractivity contribution in [3.05, 3.63) is 33.1 Å². The molecule has 0 unspecified atom stereocenters. The number of aromatic nitrogens is 1. The highest BCUT2D eigenvalue weighted by atomic mass is 32.2. The molecule has 0 fully saturated rings. The van der Waals surface area contributed by atoms with Crippen molar-refractivity contribution in [2.75, 3.05) is 13.6 Å². The van der Waals surface area contributed by atoms with Crippen LogP contribution in [0.25, 0.3) is 0 Å². The Morgan fingerprint density at radius 1 is 1.33 bits per heavy atom. The zero-order valence-corrected chi connectivity index (χ0v) is 14.7. The van der Waals surface area contributed by atoms with Gasteiger partial charge in [-0.2, -0.15) is 4.31 Å². The summed E-state index contributed by atoms with van der Waals surface area (Å²) in [6, 6.07) is 1.74. The summed E-state index contributed by atoms with van der Waals surface area (Å²) in [6.07, 6.45) is 0. The summed E-state index contributed by atoms with van der Waals surface area (Å²) in [4.78, 5) is 4.31. The number of hydrogen-bond acceptors (Lipinski definition) is 6. The second-order valence-electron chi connectivity index (χ2n) is 4.67. The highest BCUT2D eigenvalue weighted by molar-refractivity contribution is 7.91. The van der Waals surface area contributed by atoms with Gasteiger partial charge in [0, 0.05) is 19.0 Å². The molecule has 0 saturated heterocycles. The van der Waals surface area contributed by atoms with Gasteiger partial charge in [-0.25, -0.2) is 13.4 Å². The average molecular weight is 346 g/mol. The third kappa shape index (κ3) is 4.10. The number of nitrogens with one attached hydrogen (secondary N) is 1. The van der Waals surface area contributed by atoms with E-state index in [-0.39, 0.29) is 0 Å². The van der Waals surface area contributed by atoms with Gasteiger partial charge in [0.15, 0.2) is 0 Å². The second kappa shape index (κ2) is 6.97. The van der Waals surface area contributed by atoms with Crippen LogP contribution in [-0.4, -0.2) is 31.3 Å². The van der Waals surface area contributed by atoms with Gasteiger partial charge in [-0.1, -0.05) is 6.92 Å². The lowest BCUT2D eigenvalue weighted by atomic mass is 10.3. The molecular weight excluding hydrogens is 326 g/mol. The standard InChI is InChI=1S/C13H19N3O2S3/c1-4-14-6-11-5-13(20-8-11)21(17,18)16(3)7-12-9-19-10(2)15-12/h5,8-9,14H,4,6-7H2,1-3H3. The zero-order valence-electron chi connectivity index (χ0n) is 12.3. The Morgan fingerprint density at radius 2 is 2.10 bits per heavy atom. The summed E-state index contributed by atoms with van der Waals surface area (Å²) in [5.41, 5.74) is 1.78. The SMILES string of the molecule is CCNCc1csc(S(=O)(=O)N(C)Cc2csc(C)n2)c1. The average Bonchev–Trinajstić information content (AvgIpc) is 3.06. The van der Waals surface area contributed by atoms with E-state index in [1.807, 2.05) is 24.6 Å². The minimum Gasteiger partial charge on any atom is -0.313 e. The quantitative estimate of drug-likeness (QED) is 0.837. The molecule has 0 radical (unpaired) electrons. The number of rotatable bonds is 7. The van der Waals surface area contributed by atoms with Crippen LogP contribution in [0.2, 0.25) is 0 Å². The smallest absolute Gasteiger partial charge is 0.252 e. The number of thiazole rings is 1. The molecule has 0 atom stereocenters. The summed E-state index contributed by atoms with van der Waals surface area (Å²) in [5.74, 6) is 0. The predicted molar refractivity (Wildman–Crippen MR) is 87.2 cm³/mol. The van der Waals surface area contributed by atoms with E-state index in [0.29, 0.717) is 17.3 Å². The molecule has 8 heteroatoms. The third-order valence-electron chi connectivity index (χ3n) is 2.92. The molecule has 0 aromatic carbocycles. The lowest BCUT2D eigenvalue weighted by molar-refractivity contribution is 0.464. The van der Waals surface area contributed by atoms with Gasteiger partial charge >= 0.3 is 0 Å². The van der Waals surface area contributed by atoms with E-state index >= 15 is 0 Å². The molecule has 0 bridgehead atoms. The van der Waals surface area contributed by atoms with Crippen molar-refractivity contribution in [2.45, 2.75) is 31.1 Å². The van der Waals surface area contributed by atoms with E-state index in [2.05, 4.69) is 10.3 Å². The Balaban J connectivity index is 2.11. The Bertz CT molecular complexity index is 691. The molecule has 2 aromatic rings. The minimum atomic E-state index is -3.44. The van der Waals surface area contributed by atoms with Crippen LogP contribution in [0.1, 0.15) is 23.2 Å². The van der Waals surface area contributed by atoms with Crippen molar-refractivity contribution >= 4 is 32.7 Å². The Kier molecular flexibility index (Phi) is 5.50. The molecule has 0 aliphatic heterocycles. The molecule has 2 heterocycles. The molecule has 0 spiro atoms. The molecular formula is C13H19N3O2S3. The van der Waals surface area contributed by atoms with Crippen LogP contribution in [0.5, 0.6) is 0 Å². The Hall–Kier alpha value is -0.800. The van der Waals surface area contributed by atoms with Crippen LogP contribution in [0.3, 0.4) is 0 Å². The maximum atomic E-state index is 12.5. The van der Waals surface area contributed by atoms with Crippen LogP contribution >= 0.6 is 22.7 Å². The van der Waals surface area contributed by atoms with Crippen LogP contribution in [0.15, 0.2) is 21.0 Å². The lowest BCUT2D eigenvalue weighted by Crippen LogP contribution is -2.26. The largest absolute Gasteiger partial charge is 0.313 e. The summed E-state index contributed by atoms with van der Waals surface area (Å²) in [7, 11) is -1.85. The maximum Gasteiger partial charge on any atom is 0.252 e. The summed E-state index contributed by atoms with van der Waals surface area (Å²) in [6.45, 7) is 5.79. The molecule has 0 saturated carbocycles. The van der Waals surface area contributed by atoms with Crippen molar-refractivity contribution in [2.24, 2.45) is 0 Å². The monoisotopic (exact) mass is 345 g/mol. The fourth-order valence-corrected chi connectivity index (χ4v) is 4.96. The van der Waals surface area contributed by atoms with Gasteiger partial charge < -0.3 is 5.32 Å². The number of sulfonamides is 1. The van der Waals surface area contributed by atoms with Gasteiger partial charge in [0.25, 0.3) is 10.0 Å². The summed E-state index contributed by atoms with van der Waals surface area (Å²) in [5, 5.41) is 7.92. The first-order valence-electron chi connectivity index (χ1n) is 6.59. The molecule has 21 heavy (non-hydrogen) atoms. The highest BCUT2D eigenvalue weighted by Crippen LogP contribution is 2.24. The first kappa shape index (κ1) is 16.6. The van der Waals surface area contributed by atoms with Crippen molar-refractivity contribution in [1.82, 2.24) is 14.6 Å². The van der Waals surface area contributed by atoms with E-state index in [9.17, 15) is 8.42 Å². The van der Waals surface area contributed by atoms with Crippen LogP contribution in [-0.2, 0) is 23.1 Å². The van der Waals surface area contributed by atoms with Crippen LogP contribution < -0.4 is 5.32 Å². The second-order valence-corrected chi connectivity index (χ2v) is 8.92. The Morgan fingerprint density at radius 3 is 2.71 bits per heavy atom. The van der Waals surface area contributed by atoms with E-state index in [1.165, 1.54) is 27.0 Å². The third-order valence-corrected chi connectivity index (χ3v) is 7.01. The summed E-state index contributed by atoms with van der Waals surface area (Å²) < 4.78 is 26.8. The first-order chi connectivity index (χ1) is 9.93. The maximum absolute atomic E-state index is 12.5. The highest BCUT2D eigenvalue weighted by Gasteiger charge is 2.23. The molecule has 1 N–H and O–H groups in total. The molecule has 5 nitrogen and oxygen atoms in total. The first-order valence-corrected chi connectivity index (χ1v) is 9.79. The van der Waals surface area contributed by atoms with Gasteiger partial charge in [-0.3, -0.25) is 0 Å². The topological polar surface area (TPSA) is 62.3 Å². The number of aryl methyl sites for hydroxylation is 1. The lowest BCUT2D eigenvalue weighted by Gasteiger charge is -2.14. The van der Waals surface area contributed by atoms with Crippen LogP contribution in [0, 0.1) is 6.92 Å². The van der Waals surface area contributed by atoms with Gasteiger partial charge in [-0.05, 0) is 30.5 Å². The summed E-state index contributed by atoms with van der Waals surface area (Å²) >= 11 is 2.79. The minimum absolute atomic E-state index is 0.299. The van der Waals surface area contributed by atoms with Gasteiger partial charge in [0.1, 0.15) is 4.21 Å². The van der Waals surface area contributed by atoms with E-state index in [4.69, 9.17) is 0 Å². The molecule has 0 aliphatic rings. The normalized spacial score (nSPS) is 12.2. The van der Waals surface area contributed by atoms with Gasteiger partial charge in [0.2, 0.25) is 0 Å². The molecule has 0 amide bonds. The van der Waals surface area contributed by atoms with E-state index in [0.717, 1.165) is 22.8 Å². The van der Waals surface area contributed by atoms with E-state index < -0.39 is 10.0 Å². The number of thiophene rings is 1. The number of hydrogen-bond donors (Lipinski definition) is 1. The van der Waals surface area contributed by atoms with Gasteiger partial charge in [0.05, 0.1) is 17.2 Å². The predicted octanol–water partition coefficient (Wildman–Crippen LogP) is 2.44. The zero-order chi connectivity index (χ0) is 15.5. The fraction of sp³-hybridized carbons (Fsp3) is 0.462. The van der Waals surface area contributed by atoms with E-state index in [1.54, 1.807) is 13.1 Å². The van der Waals surface area contributed by atoms with Crippen molar-refractivity contribution in [1.29, 1.82) is 0 Å². The molecule has 0 aliphatic carbocycles. The Labute approximate surface area is 133 Å². The molecule has 116 valence electrons. The van der Waals surface area contributed by atoms with Crippen molar-refractivity contribution in [3.63, 3.8) is 0 Å². The van der Waals surface area contributed by atoms with Crippen molar-refractivity contribution < 1.29 is 8.42 Å². The molecule has 2 aromatic heterocycles. The fourth-order valence-electron chi connectivity index (χ4n) is 1.80. The van der Waals surface area contributed by atoms with Crippen LogP contribution in [0.4, 0.5) is 0 Å². The number of nitrogens with zero attached hydrogens (tertiary/aromatic N) is 2.